The molecule has 0 aromatic rings. The molecule has 0 aliphatic heterocycles. The Labute approximate surface area is 93.9 Å². The minimum absolute atomic E-state index is 0.167. The van der Waals surface area contributed by atoms with E-state index in [0.717, 1.165) is 19.3 Å². The number of hydrogen-bond donors (Lipinski definition) is 1. The zero-order valence-corrected chi connectivity index (χ0v) is 9.84. The molecule has 15 heavy (non-hydrogen) atoms. The number of primary amides is 1. The molecule has 2 nitrogen and oxygen atoms in total. The molecule has 0 radical (unpaired) electrons. The highest BCUT2D eigenvalue weighted by Crippen LogP contribution is 2.10. The summed E-state index contributed by atoms with van der Waals surface area (Å²) in [6, 6.07) is 0. The molecule has 0 atom stereocenters. The van der Waals surface area contributed by atoms with Crippen LogP contribution >= 0.6 is 0 Å². The minimum Gasteiger partial charge on any atom is -0.370 e. The van der Waals surface area contributed by atoms with Crippen LogP contribution in [0.3, 0.4) is 0 Å². The van der Waals surface area contributed by atoms with Crippen LogP contribution in [0.4, 0.5) is 0 Å². The molecular formula is C13H25NO. The monoisotopic (exact) mass is 211 g/mol. The highest BCUT2D eigenvalue weighted by atomic mass is 16.1. The molecule has 0 saturated heterocycles. The van der Waals surface area contributed by atoms with E-state index >= 15 is 0 Å². The number of amides is 1. The van der Waals surface area contributed by atoms with Gasteiger partial charge in [-0.25, -0.2) is 0 Å². The SMILES string of the molecule is C=CCCCCCCCCCCC(N)=O. The molecule has 88 valence electrons. The maximum atomic E-state index is 10.4. The first-order valence-corrected chi connectivity index (χ1v) is 6.16. The van der Waals surface area contributed by atoms with Gasteiger partial charge in [-0.1, -0.05) is 44.6 Å². The number of rotatable bonds is 11. The lowest BCUT2D eigenvalue weighted by Crippen LogP contribution is -2.09. The van der Waals surface area contributed by atoms with Gasteiger partial charge in [-0.15, -0.1) is 6.58 Å². The number of allylic oxidation sites excluding steroid dienone is 1. The van der Waals surface area contributed by atoms with E-state index in [9.17, 15) is 4.79 Å². The van der Waals surface area contributed by atoms with Crippen molar-refractivity contribution >= 4 is 5.91 Å². The van der Waals surface area contributed by atoms with Gasteiger partial charge < -0.3 is 5.73 Å². The molecule has 0 aliphatic carbocycles. The molecule has 0 rings (SSSR count). The third-order valence-electron chi connectivity index (χ3n) is 2.58. The molecule has 1 amide bonds. The van der Waals surface area contributed by atoms with Gasteiger partial charge >= 0.3 is 0 Å². The topological polar surface area (TPSA) is 43.1 Å². The van der Waals surface area contributed by atoms with Gasteiger partial charge in [0.15, 0.2) is 0 Å². The zero-order valence-electron chi connectivity index (χ0n) is 9.84. The first-order valence-electron chi connectivity index (χ1n) is 6.16. The van der Waals surface area contributed by atoms with Crippen LogP contribution in [0.2, 0.25) is 0 Å². The highest BCUT2D eigenvalue weighted by molar-refractivity contribution is 5.73. The first-order chi connectivity index (χ1) is 7.27. The van der Waals surface area contributed by atoms with E-state index in [2.05, 4.69) is 6.58 Å². The number of carbonyl (C=O) groups is 1. The van der Waals surface area contributed by atoms with Gasteiger partial charge in [-0.05, 0) is 19.3 Å². The van der Waals surface area contributed by atoms with Gasteiger partial charge in [0, 0.05) is 6.42 Å². The van der Waals surface area contributed by atoms with Crippen molar-refractivity contribution in [3.63, 3.8) is 0 Å². The van der Waals surface area contributed by atoms with Crippen molar-refractivity contribution in [3.05, 3.63) is 12.7 Å². The predicted octanol–water partition coefficient (Wildman–Crippen LogP) is 3.56. The Morgan fingerprint density at radius 2 is 1.40 bits per heavy atom. The lowest BCUT2D eigenvalue weighted by atomic mass is 10.1. The van der Waals surface area contributed by atoms with Crippen molar-refractivity contribution in [2.45, 2.75) is 64.2 Å². The maximum Gasteiger partial charge on any atom is 0.217 e. The fourth-order valence-electron chi connectivity index (χ4n) is 1.65. The van der Waals surface area contributed by atoms with Gasteiger partial charge in [0.05, 0.1) is 0 Å². The quantitative estimate of drug-likeness (QED) is 0.412. The van der Waals surface area contributed by atoms with E-state index in [4.69, 9.17) is 5.73 Å². The van der Waals surface area contributed by atoms with Crippen LogP contribution in [0, 0.1) is 0 Å². The summed E-state index contributed by atoms with van der Waals surface area (Å²) in [5.41, 5.74) is 5.05. The van der Waals surface area contributed by atoms with E-state index in [1.807, 2.05) is 6.08 Å². The molecule has 0 saturated carbocycles. The average molecular weight is 211 g/mol. The van der Waals surface area contributed by atoms with Crippen molar-refractivity contribution in [1.82, 2.24) is 0 Å². The number of nitrogens with two attached hydrogens (primary N) is 1. The van der Waals surface area contributed by atoms with Crippen LogP contribution in [0.1, 0.15) is 64.2 Å². The summed E-state index contributed by atoms with van der Waals surface area (Å²) < 4.78 is 0. The number of unbranched alkanes of at least 4 members (excludes halogenated alkanes) is 8. The molecule has 0 fully saturated rings. The molecule has 0 aliphatic rings. The Hall–Kier alpha value is -0.790. The fraction of sp³-hybridized carbons (Fsp3) is 0.769. The summed E-state index contributed by atoms with van der Waals surface area (Å²) in [6.45, 7) is 3.70. The van der Waals surface area contributed by atoms with Crippen molar-refractivity contribution in [3.8, 4) is 0 Å². The van der Waals surface area contributed by atoms with Crippen LogP contribution in [0.15, 0.2) is 12.7 Å². The van der Waals surface area contributed by atoms with Crippen LogP contribution < -0.4 is 5.73 Å². The summed E-state index contributed by atoms with van der Waals surface area (Å²) in [5.74, 6) is -0.167. The fourth-order valence-corrected chi connectivity index (χ4v) is 1.65. The molecule has 0 unspecified atom stereocenters. The number of hydrogen-bond acceptors (Lipinski definition) is 1. The van der Waals surface area contributed by atoms with Gasteiger partial charge in [0.2, 0.25) is 5.91 Å². The second kappa shape index (κ2) is 11.3. The van der Waals surface area contributed by atoms with Crippen molar-refractivity contribution in [1.29, 1.82) is 0 Å². The third kappa shape index (κ3) is 13.2. The van der Waals surface area contributed by atoms with E-state index < -0.39 is 0 Å². The molecule has 0 bridgehead atoms. The maximum absolute atomic E-state index is 10.4. The summed E-state index contributed by atoms with van der Waals surface area (Å²) >= 11 is 0. The standard InChI is InChI=1S/C13H25NO/c1-2-3-4-5-6-7-8-9-10-11-12-13(14)15/h2H,1,3-12H2,(H2,14,15). The minimum atomic E-state index is -0.167. The Morgan fingerprint density at radius 1 is 0.933 bits per heavy atom. The Bertz CT molecular complexity index is 166. The largest absolute Gasteiger partial charge is 0.370 e. The summed E-state index contributed by atoms with van der Waals surface area (Å²) in [5, 5.41) is 0. The lowest BCUT2D eigenvalue weighted by molar-refractivity contribution is -0.118. The first kappa shape index (κ1) is 14.2. The highest BCUT2D eigenvalue weighted by Gasteiger charge is 1.94. The molecule has 0 aromatic heterocycles. The Kier molecular flexibility index (Phi) is 10.7. The van der Waals surface area contributed by atoms with Gasteiger partial charge in [-0.3, -0.25) is 4.79 Å². The normalized spacial score (nSPS) is 10.1. The van der Waals surface area contributed by atoms with Crippen LogP contribution in [-0.4, -0.2) is 5.91 Å². The smallest absolute Gasteiger partial charge is 0.217 e. The lowest BCUT2D eigenvalue weighted by Gasteiger charge is -2.00. The molecular weight excluding hydrogens is 186 g/mol. The zero-order chi connectivity index (χ0) is 11.4. The molecule has 0 spiro atoms. The van der Waals surface area contributed by atoms with Crippen LogP contribution in [-0.2, 0) is 4.79 Å². The van der Waals surface area contributed by atoms with Crippen LogP contribution in [0.25, 0.3) is 0 Å². The average Bonchev–Trinajstić information content (AvgIpc) is 2.20. The molecule has 2 N–H and O–H groups in total. The van der Waals surface area contributed by atoms with E-state index in [1.54, 1.807) is 0 Å². The van der Waals surface area contributed by atoms with E-state index in [1.165, 1.54) is 38.5 Å². The predicted molar refractivity (Wildman–Crippen MR) is 65.6 cm³/mol. The second-order valence-electron chi connectivity index (χ2n) is 4.12. The van der Waals surface area contributed by atoms with Crippen molar-refractivity contribution in [2.75, 3.05) is 0 Å². The van der Waals surface area contributed by atoms with Gasteiger partial charge in [0.25, 0.3) is 0 Å². The van der Waals surface area contributed by atoms with Crippen LogP contribution in [0.5, 0.6) is 0 Å². The molecule has 0 heterocycles. The summed E-state index contributed by atoms with van der Waals surface area (Å²) in [6.07, 6.45) is 13.6. The summed E-state index contributed by atoms with van der Waals surface area (Å²) in [4.78, 5) is 10.4. The third-order valence-corrected chi connectivity index (χ3v) is 2.58. The van der Waals surface area contributed by atoms with Gasteiger partial charge in [-0.2, -0.15) is 0 Å². The van der Waals surface area contributed by atoms with E-state index in [0.29, 0.717) is 6.42 Å². The van der Waals surface area contributed by atoms with Gasteiger partial charge in [0.1, 0.15) is 0 Å². The Balaban J connectivity index is 2.92. The molecule has 2 heteroatoms. The van der Waals surface area contributed by atoms with Crippen molar-refractivity contribution in [2.24, 2.45) is 5.73 Å². The van der Waals surface area contributed by atoms with E-state index in [-0.39, 0.29) is 5.91 Å². The Morgan fingerprint density at radius 3 is 1.87 bits per heavy atom. The molecule has 0 aromatic carbocycles. The number of carbonyl (C=O) groups excluding carboxylic acids is 1. The second-order valence-corrected chi connectivity index (χ2v) is 4.12. The summed E-state index contributed by atoms with van der Waals surface area (Å²) in [7, 11) is 0. The van der Waals surface area contributed by atoms with Crippen molar-refractivity contribution < 1.29 is 4.79 Å².